The summed E-state index contributed by atoms with van der Waals surface area (Å²) in [6.45, 7) is 1.50. The van der Waals surface area contributed by atoms with Crippen LogP contribution in [0.4, 0.5) is 13.2 Å². The van der Waals surface area contributed by atoms with Gasteiger partial charge < -0.3 is 14.6 Å². The lowest BCUT2D eigenvalue weighted by molar-refractivity contribution is -0.139. The van der Waals surface area contributed by atoms with E-state index in [0.717, 1.165) is 27.7 Å². The van der Waals surface area contributed by atoms with E-state index >= 15 is 0 Å². The predicted molar refractivity (Wildman–Crippen MR) is 122 cm³/mol. The lowest BCUT2D eigenvalue weighted by Gasteiger charge is -2.13. The van der Waals surface area contributed by atoms with Crippen LogP contribution < -0.4 is 9.47 Å². The molecule has 0 aromatic heterocycles. The number of alkyl halides is 3. The van der Waals surface area contributed by atoms with E-state index in [4.69, 9.17) is 14.6 Å². The number of benzene rings is 3. The van der Waals surface area contributed by atoms with Crippen molar-refractivity contribution in [2.24, 2.45) is 0 Å². The first-order valence-corrected chi connectivity index (χ1v) is 10.6. The molecule has 0 spiro atoms. The van der Waals surface area contributed by atoms with Gasteiger partial charge in [0.05, 0.1) is 5.56 Å². The predicted octanol–water partition coefficient (Wildman–Crippen LogP) is 6.75. The Morgan fingerprint density at radius 3 is 2.12 bits per heavy atom. The summed E-state index contributed by atoms with van der Waals surface area (Å²) in [4.78, 5) is 10.7. The maximum atomic E-state index is 12.9. The molecule has 0 heterocycles. The summed E-state index contributed by atoms with van der Waals surface area (Å²) < 4.78 is 50.7. The van der Waals surface area contributed by atoms with E-state index in [-0.39, 0.29) is 6.61 Å². The van der Waals surface area contributed by atoms with E-state index in [9.17, 15) is 18.0 Å². The molecule has 172 valence electrons. The Hall–Kier alpha value is -3.26. The highest BCUT2D eigenvalue weighted by molar-refractivity contribution is 9.10. The molecule has 0 bridgehead atoms. The lowest BCUT2D eigenvalue weighted by atomic mass is 9.96. The van der Waals surface area contributed by atoms with Gasteiger partial charge in [0.15, 0.2) is 6.61 Å². The molecule has 33 heavy (non-hydrogen) atoms. The third-order valence-electron chi connectivity index (χ3n) is 4.71. The normalized spacial score (nSPS) is 11.8. The van der Waals surface area contributed by atoms with Crippen molar-refractivity contribution < 1.29 is 32.5 Å². The molecule has 4 nitrogen and oxygen atoms in total. The van der Waals surface area contributed by atoms with Crippen molar-refractivity contribution in [1.29, 1.82) is 0 Å². The minimum absolute atomic E-state index is 0.168. The van der Waals surface area contributed by atoms with Gasteiger partial charge in [-0.3, -0.25) is 0 Å². The van der Waals surface area contributed by atoms with Crippen molar-refractivity contribution in [2.45, 2.75) is 13.1 Å². The van der Waals surface area contributed by atoms with Gasteiger partial charge in [0.1, 0.15) is 18.1 Å². The van der Waals surface area contributed by atoms with Gasteiger partial charge in [-0.05, 0) is 77.7 Å². The van der Waals surface area contributed by atoms with Crippen LogP contribution in [-0.2, 0) is 11.0 Å². The molecule has 0 saturated heterocycles. The van der Waals surface area contributed by atoms with Gasteiger partial charge in [0.2, 0.25) is 0 Å². The third kappa shape index (κ3) is 6.86. The summed E-state index contributed by atoms with van der Waals surface area (Å²) >= 11 is 3.38. The van der Waals surface area contributed by atoms with Gasteiger partial charge in [-0.25, -0.2) is 4.79 Å². The summed E-state index contributed by atoms with van der Waals surface area (Å²) in [6, 6.07) is 17.5. The fourth-order valence-corrected chi connectivity index (χ4v) is 3.37. The smallest absolute Gasteiger partial charge is 0.416 e. The molecule has 1 N–H and O–H groups in total. The van der Waals surface area contributed by atoms with Gasteiger partial charge in [0, 0.05) is 4.47 Å². The Kier molecular flexibility index (Phi) is 7.81. The van der Waals surface area contributed by atoms with Crippen LogP contribution in [0.2, 0.25) is 0 Å². The average molecular weight is 521 g/mol. The monoisotopic (exact) mass is 520 g/mol. The number of carbonyl (C=O) groups is 1. The number of aryl methyl sites for hydroxylation is 1. The number of ether oxygens (including phenoxy) is 2. The molecule has 0 saturated carbocycles. The quantitative estimate of drug-likeness (QED) is 0.357. The fraction of sp³-hybridized carbons (Fsp3) is 0.160. The second kappa shape index (κ2) is 10.6. The molecule has 0 aliphatic rings. The molecule has 0 amide bonds. The molecular weight excluding hydrogens is 501 g/mol. The molecule has 0 atom stereocenters. The molecule has 3 rings (SSSR count). The van der Waals surface area contributed by atoms with Crippen molar-refractivity contribution in [3.05, 3.63) is 99.5 Å². The molecule has 0 fully saturated rings. The van der Waals surface area contributed by atoms with Crippen molar-refractivity contribution >= 4 is 27.5 Å². The highest BCUT2D eigenvalue weighted by Crippen LogP contribution is 2.32. The first-order valence-electron chi connectivity index (χ1n) is 9.85. The molecule has 0 radical (unpaired) electrons. The Labute approximate surface area is 197 Å². The lowest BCUT2D eigenvalue weighted by Crippen LogP contribution is -2.10. The Bertz CT molecular complexity index is 1140. The van der Waals surface area contributed by atoms with Gasteiger partial charge in [-0.1, -0.05) is 40.2 Å². The van der Waals surface area contributed by atoms with Crippen LogP contribution in [0.5, 0.6) is 11.5 Å². The summed E-state index contributed by atoms with van der Waals surface area (Å²) in [5.74, 6) is -0.0711. The van der Waals surface area contributed by atoms with Gasteiger partial charge >= 0.3 is 12.1 Å². The molecule has 3 aromatic carbocycles. The highest BCUT2D eigenvalue weighted by atomic mass is 79.9. The minimum atomic E-state index is -4.40. The summed E-state index contributed by atoms with van der Waals surface area (Å²) in [5.41, 5.74) is 2.19. The second-order valence-corrected chi connectivity index (χ2v) is 8.04. The Balaban J connectivity index is 1.81. The number of aliphatic carboxylic acids is 1. The van der Waals surface area contributed by atoms with Crippen LogP contribution in [0.25, 0.3) is 5.57 Å². The van der Waals surface area contributed by atoms with Crippen molar-refractivity contribution in [2.75, 3.05) is 13.2 Å². The molecule has 8 heteroatoms. The van der Waals surface area contributed by atoms with E-state index in [1.807, 2.05) is 24.3 Å². The van der Waals surface area contributed by atoms with Crippen LogP contribution in [-0.4, -0.2) is 24.3 Å². The highest BCUT2D eigenvalue weighted by Gasteiger charge is 2.30. The summed E-state index contributed by atoms with van der Waals surface area (Å²) in [5, 5.41) is 8.73. The van der Waals surface area contributed by atoms with Crippen molar-refractivity contribution in [3.63, 3.8) is 0 Å². The minimum Gasteiger partial charge on any atom is -0.489 e. The van der Waals surface area contributed by atoms with Crippen LogP contribution in [0.1, 0.15) is 22.3 Å². The van der Waals surface area contributed by atoms with E-state index in [0.29, 0.717) is 22.6 Å². The Morgan fingerprint density at radius 2 is 1.58 bits per heavy atom. The zero-order valence-electron chi connectivity index (χ0n) is 17.5. The van der Waals surface area contributed by atoms with Gasteiger partial charge in [0.25, 0.3) is 0 Å². The molecule has 0 aliphatic heterocycles. The maximum absolute atomic E-state index is 12.9. The third-order valence-corrected chi connectivity index (χ3v) is 5.24. The number of carboxylic acid groups (broad SMARTS) is 1. The first kappa shape index (κ1) is 24.4. The second-order valence-electron chi connectivity index (χ2n) is 7.12. The van der Waals surface area contributed by atoms with Crippen LogP contribution in [0.3, 0.4) is 0 Å². The zero-order chi connectivity index (χ0) is 24.0. The fourth-order valence-electron chi connectivity index (χ4n) is 3.10. The zero-order valence-corrected chi connectivity index (χ0v) is 19.1. The van der Waals surface area contributed by atoms with Crippen LogP contribution in [0, 0.1) is 6.92 Å². The standard InChI is InChI=1S/C25H20BrF3O4/c1-16-14-21(10-11-23(16)33-15-24(30)31)32-13-12-22(18-4-8-20(26)9-5-18)17-2-6-19(7-3-17)25(27,28)29/h2-12,14H,13,15H2,1H3,(H,30,31). The van der Waals surface area contributed by atoms with Crippen molar-refractivity contribution in [3.8, 4) is 11.5 Å². The van der Waals surface area contributed by atoms with Crippen LogP contribution >= 0.6 is 15.9 Å². The van der Waals surface area contributed by atoms with Crippen LogP contribution in [0.15, 0.2) is 77.3 Å². The number of rotatable bonds is 8. The SMILES string of the molecule is Cc1cc(OCC=C(c2ccc(Br)cc2)c2ccc(C(F)(F)F)cc2)ccc1OCC(=O)O. The van der Waals surface area contributed by atoms with E-state index < -0.39 is 24.3 Å². The number of hydrogen-bond acceptors (Lipinski definition) is 3. The molecular formula is C25H20BrF3O4. The van der Waals surface area contributed by atoms with E-state index in [1.165, 1.54) is 12.1 Å². The molecule has 0 aliphatic carbocycles. The average Bonchev–Trinajstić information content (AvgIpc) is 2.76. The topological polar surface area (TPSA) is 55.8 Å². The van der Waals surface area contributed by atoms with Gasteiger partial charge in [-0.2, -0.15) is 13.2 Å². The van der Waals surface area contributed by atoms with Gasteiger partial charge in [-0.15, -0.1) is 0 Å². The largest absolute Gasteiger partial charge is 0.489 e. The van der Waals surface area contributed by atoms with E-state index in [2.05, 4.69) is 15.9 Å². The maximum Gasteiger partial charge on any atom is 0.416 e. The first-order chi connectivity index (χ1) is 15.6. The number of hydrogen-bond donors (Lipinski definition) is 1. The Morgan fingerprint density at radius 1 is 0.970 bits per heavy atom. The molecule has 3 aromatic rings. The summed E-state index contributed by atoms with van der Waals surface area (Å²) in [7, 11) is 0. The summed E-state index contributed by atoms with van der Waals surface area (Å²) in [6.07, 6.45) is -2.60. The molecule has 0 unspecified atom stereocenters. The van der Waals surface area contributed by atoms with Crippen molar-refractivity contribution in [1.82, 2.24) is 0 Å². The number of halogens is 4. The van der Waals surface area contributed by atoms with E-state index in [1.54, 1.807) is 31.2 Å². The number of carboxylic acids is 1.